The van der Waals surface area contributed by atoms with E-state index in [1.807, 2.05) is 81.4 Å². The van der Waals surface area contributed by atoms with Crippen molar-refractivity contribution in [1.82, 2.24) is 29.8 Å². The number of likely N-dealkylation sites (N-methyl/N-ethyl adjacent to an activating group) is 4. The maximum Gasteiger partial charge on any atom is 0.245 e. The lowest BCUT2D eigenvalue weighted by molar-refractivity contribution is -0.148. The summed E-state index contributed by atoms with van der Waals surface area (Å²) in [6.45, 7) is 8.50. The maximum atomic E-state index is 13.8. The molecular formula is C43H66N6O7. The van der Waals surface area contributed by atoms with Gasteiger partial charge in [0.05, 0.1) is 24.7 Å². The normalized spacial score (nSPS) is 18.1. The van der Waals surface area contributed by atoms with Gasteiger partial charge in [0, 0.05) is 33.5 Å². The topological polar surface area (TPSA) is 148 Å². The number of nitrogens with one attached hydrogen (secondary N) is 1. The van der Waals surface area contributed by atoms with Gasteiger partial charge >= 0.3 is 0 Å². The molecule has 0 aromatic heterocycles. The smallest absolute Gasteiger partial charge is 0.245 e. The van der Waals surface area contributed by atoms with Gasteiger partial charge in [-0.15, -0.1) is 0 Å². The van der Waals surface area contributed by atoms with Crippen molar-refractivity contribution in [3.05, 3.63) is 53.6 Å². The highest BCUT2D eigenvalue weighted by molar-refractivity contribution is 5.94. The number of hydrogen-bond donors (Lipinski definition) is 1. The minimum Gasteiger partial charge on any atom is -0.344 e. The van der Waals surface area contributed by atoms with Gasteiger partial charge in [0.25, 0.3) is 0 Å². The van der Waals surface area contributed by atoms with Crippen LogP contribution in [0.25, 0.3) is 6.08 Å². The predicted octanol–water partition coefficient (Wildman–Crippen LogP) is 3.40. The first-order valence-corrected chi connectivity index (χ1v) is 19.7. The van der Waals surface area contributed by atoms with E-state index in [-0.39, 0.29) is 66.8 Å². The van der Waals surface area contributed by atoms with Crippen LogP contribution in [0.4, 0.5) is 0 Å². The van der Waals surface area contributed by atoms with Gasteiger partial charge in [0.1, 0.15) is 23.7 Å². The summed E-state index contributed by atoms with van der Waals surface area (Å²) in [5.41, 5.74) is 1.72. The minimum absolute atomic E-state index is 0.0469. The Morgan fingerprint density at radius 2 is 1.55 bits per heavy atom. The summed E-state index contributed by atoms with van der Waals surface area (Å²) in [5.74, 6) is -1.73. The third-order valence-corrected chi connectivity index (χ3v) is 10.7. The molecule has 1 N–H and O–H groups in total. The van der Waals surface area contributed by atoms with Crippen LogP contribution >= 0.6 is 0 Å². The molecular weight excluding hydrogens is 713 g/mol. The van der Waals surface area contributed by atoms with Crippen LogP contribution < -0.4 is 5.32 Å². The van der Waals surface area contributed by atoms with Crippen LogP contribution in [0.15, 0.2) is 42.5 Å². The van der Waals surface area contributed by atoms with E-state index in [0.29, 0.717) is 32.2 Å². The van der Waals surface area contributed by atoms with Crippen molar-refractivity contribution in [2.24, 2.45) is 5.92 Å². The van der Waals surface area contributed by atoms with Crippen molar-refractivity contribution in [2.75, 3.05) is 55.4 Å². The van der Waals surface area contributed by atoms with Crippen molar-refractivity contribution in [2.45, 2.75) is 110 Å². The van der Waals surface area contributed by atoms with Crippen LogP contribution in [0, 0.1) is 5.92 Å². The third kappa shape index (κ3) is 14.2. The monoisotopic (exact) mass is 778 g/mol. The second kappa shape index (κ2) is 22.9. The first-order chi connectivity index (χ1) is 26.3. The van der Waals surface area contributed by atoms with E-state index >= 15 is 0 Å². The van der Waals surface area contributed by atoms with Crippen molar-refractivity contribution in [3.63, 3.8) is 0 Å². The van der Waals surface area contributed by atoms with E-state index in [1.165, 1.54) is 30.6 Å². The Kier molecular flexibility index (Phi) is 19.5. The number of ketones is 3. The van der Waals surface area contributed by atoms with E-state index in [2.05, 4.69) is 5.32 Å². The molecule has 56 heavy (non-hydrogen) atoms. The number of rotatable bonds is 21. The Balaban J connectivity index is 2.31. The molecule has 1 aliphatic heterocycles. The maximum absolute atomic E-state index is 13.8. The fraction of sp³-hybridized carbons (Fsp3) is 0.605. The second-order valence-corrected chi connectivity index (χ2v) is 15.6. The Morgan fingerprint density at radius 3 is 2.09 bits per heavy atom. The number of allylic oxidation sites excluding steroid dienone is 1. The van der Waals surface area contributed by atoms with Gasteiger partial charge in [-0.1, -0.05) is 68.8 Å². The quantitative estimate of drug-likeness (QED) is 0.186. The Morgan fingerprint density at radius 1 is 0.911 bits per heavy atom. The lowest BCUT2D eigenvalue weighted by Gasteiger charge is -2.37. The third-order valence-electron chi connectivity index (χ3n) is 10.7. The first-order valence-electron chi connectivity index (χ1n) is 19.7. The zero-order valence-corrected chi connectivity index (χ0v) is 35.5. The molecule has 0 saturated carbocycles. The molecule has 0 fully saturated rings. The highest BCUT2D eigenvalue weighted by Crippen LogP contribution is 2.20. The Hall–Kier alpha value is -4.49. The van der Waals surface area contributed by atoms with Crippen molar-refractivity contribution in [3.8, 4) is 0 Å². The molecule has 1 aromatic rings. The number of carbonyl (C=O) groups is 7. The van der Waals surface area contributed by atoms with Gasteiger partial charge in [-0.3, -0.25) is 43.4 Å². The highest BCUT2D eigenvalue weighted by atomic mass is 16.2. The van der Waals surface area contributed by atoms with Gasteiger partial charge in [-0.05, 0) is 91.7 Å². The molecule has 13 nitrogen and oxygen atoms in total. The van der Waals surface area contributed by atoms with Gasteiger partial charge < -0.3 is 20.0 Å². The van der Waals surface area contributed by atoms with Crippen molar-refractivity contribution < 1.29 is 33.6 Å². The van der Waals surface area contributed by atoms with Crippen molar-refractivity contribution >= 4 is 47.1 Å². The SMILES string of the molecule is CC[C@H](C)[C@H](NC(=O)C(CC/C=C/c1ccc(C[C@@H](C(=O)N(C)CC(C)=O)N2CC/C=C\C[C@H](N(C)C)C2=O)cc1)N(C)C(=O)C[C@@H](C(C)=O)N(C)C)C(C)=O. The summed E-state index contributed by atoms with van der Waals surface area (Å²) < 4.78 is 0. The van der Waals surface area contributed by atoms with E-state index in [4.69, 9.17) is 0 Å². The number of nitrogens with zero attached hydrogens (tertiary/aromatic N) is 5. The van der Waals surface area contributed by atoms with Crippen LogP contribution in [-0.4, -0.2) is 151 Å². The molecule has 1 aliphatic rings. The molecule has 6 atom stereocenters. The van der Waals surface area contributed by atoms with Crippen LogP contribution in [-0.2, 0) is 40.0 Å². The second-order valence-electron chi connectivity index (χ2n) is 15.6. The fourth-order valence-electron chi connectivity index (χ4n) is 6.96. The largest absolute Gasteiger partial charge is 0.344 e. The molecule has 0 radical (unpaired) electrons. The highest BCUT2D eigenvalue weighted by Gasteiger charge is 2.36. The average molecular weight is 779 g/mol. The number of amides is 4. The summed E-state index contributed by atoms with van der Waals surface area (Å²) in [4.78, 5) is 99.4. The van der Waals surface area contributed by atoms with E-state index in [1.54, 1.807) is 38.0 Å². The van der Waals surface area contributed by atoms with Gasteiger partial charge in [0.2, 0.25) is 23.6 Å². The Bertz CT molecular complexity index is 1590. The Labute approximate surface area is 334 Å². The van der Waals surface area contributed by atoms with Crippen LogP contribution in [0.1, 0.15) is 84.3 Å². The number of Topliss-reactive ketones (excluding diaryl/α,β-unsaturated/α-hetero) is 3. The number of carbonyl (C=O) groups excluding carboxylic acids is 7. The predicted molar refractivity (Wildman–Crippen MR) is 219 cm³/mol. The van der Waals surface area contributed by atoms with E-state index < -0.39 is 36.1 Å². The zero-order valence-electron chi connectivity index (χ0n) is 35.5. The minimum atomic E-state index is -0.876. The molecule has 1 unspecified atom stereocenters. The summed E-state index contributed by atoms with van der Waals surface area (Å²) in [6.07, 6.45) is 10.6. The lowest BCUT2D eigenvalue weighted by Crippen LogP contribution is -2.56. The molecule has 0 spiro atoms. The fourth-order valence-corrected chi connectivity index (χ4v) is 6.96. The van der Waals surface area contributed by atoms with Crippen LogP contribution in [0.2, 0.25) is 0 Å². The summed E-state index contributed by atoms with van der Waals surface area (Å²) in [6, 6.07) is 4.27. The van der Waals surface area contributed by atoms with Crippen LogP contribution in [0.5, 0.6) is 0 Å². The summed E-state index contributed by atoms with van der Waals surface area (Å²) >= 11 is 0. The van der Waals surface area contributed by atoms with Crippen LogP contribution in [0.3, 0.4) is 0 Å². The molecule has 0 saturated heterocycles. The molecule has 310 valence electrons. The summed E-state index contributed by atoms with van der Waals surface area (Å²) in [5, 5.41) is 2.89. The molecule has 4 amide bonds. The number of hydrogen-bond acceptors (Lipinski definition) is 9. The first kappa shape index (κ1) is 47.7. The molecule has 13 heteroatoms. The van der Waals surface area contributed by atoms with Gasteiger partial charge in [-0.25, -0.2) is 0 Å². The van der Waals surface area contributed by atoms with Gasteiger partial charge in [0.15, 0.2) is 5.78 Å². The van der Waals surface area contributed by atoms with Crippen molar-refractivity contribution in [1.29, 1.82) is 0 Å². The molecule has 0 bridgehead atoms. The molecule has 1 heterocycles. The molecule has 2 rings (SSSR count). The molecule has 0 aliphatic carbocycles. The summed E-state index contributed by atoms with van der Waals surface area (Å²) in [7, 11) is 10.3. The molecule has 1 aromatic carbocycles. The zero-order chi connectivity index (χ0) is 42.3. The van der Waals surface area contributed by atoms with E-state index in [0.717, 1.165) is 11.1 Å². The number of benzene rings is 1. The average Bonchev–Trinajstić information content (AvgIpc) is 3.12. The van der Waals surface area contributed by atoms with E-state index in [9.17, 15) is 33.6 Å². The van der Waals surface area contributed by atoms with Gasteiger partial charge in [-0.2, -0.15) is 0 Å². The standard InChI is InChI=1S/C43H66N6O7/c1-12-29(2)40(32(5)52)44-41(54)35(48(11)39(53)27-37(31(4)51)46(8)9)19-16-15-18-33-21-23-34(24-22-33)26-38(42(55)47(10)28-30(3)50)49-25-17-13-14-20-36(43(49)56)45(6)7/h13-15,18,21-24,29,35-38,40H,12,16-17,19-20,25-28H2,1-11H3,(H,44,54)/b14-13-,18-15+/t29-,35?,36-,37-,38-,40-/m0/s1. The lowest BCUT2D eigenvalue weighted by atomic mass is 9.95.